The maximum atomic E-state index is 13.2. The molecular weight excluding hydrogens is 875 g/mol. The molecule has 0 aliphatic carbocycles. The monoisotopic (exact) mass is 974 g/mol. The second-order valence-corrected chi connectivity index (χ2v) is 20.0. The van der Waals surface area contributed by atoms with Crippen LogP contribution in [0, 0.1) is 0 Å². The number of hydrogen-bond donors (Lipinski definition) is 7. The Balaban J connectivity index is 2.52. The lowest BCUT2D eigenvalue weighted by molar-refractivity contribution is -0.298. The van der Waals surface area contributed by atoms with Gasteiger partial charge in [0, 0.05) is 0 Å². The van der Waals surface area contributed by atoms with E-state index in [9.17, 15) is 43.3 Å². The zero-order valence-electron chi connectivity index (χ0n) is 42.1. The highest BCUT2D eigenvalue weighted by Crippen LogP contribution is 2.26. The molecule has 0 spiro atoms. The van der Waals surface area contributed by atoms with Gasteiger partial charge in [-0.2, -0.15) is 8.42 Å². The molecule has 0 aromatic heterocycles. The Labute approximate surface area is 408 Å². The van der Waals surface area contributed by atoms with Gasteiger partial charge in [-0.05, 0) is 57.8 Å². The number of aliphatic hydroxyl groups excluding tert-OH is 5. The first-order valence-corrected chi connectivity index (χ1v) is 28.3. The van der Waals surface area contributed by atoms with E-state index in [0.29, 0.717) is 12.8 Å². The van der Waals surface area contributed by atoms with E-state index < -0.39 is 78.5 Å². The lowest BCUT2D eigenvalue weighted by atomic mass is 9.99. The highest BCUT2D eigenvalue weighted by atomic mass is 32.3. The van der Waals surface area contributed by atoms with E-state index in [1.54, 1.807) is 6.08 Å². The molecule has 0 aromatic rings. The van der Waals surface area contributed by atoms with Crippen LogP contribution < -0.4 is 5.32 Å². The Kier molecular flexibility index (Phi) is 40.7. The molecule has 7 N–H and O–H groups in total. The van der Waals surface area contributed by atoms with Crippen LogP contribution in [0.25, 0.3) is 0 Å². The summed E-state index contributed by atoms with van der Waals surface area (Å²) in [6.07, 6.45) is 40.8. The van der Waals surface area contributed by atoms with Gasteiger partial charge in [-0.15, -0.1) is 0 Å². The predicted molar refractivity (Wildman–Crippen MR) is 270 cm³/mol. The van der Waals surface area contributed by atoms with E-state index >= 15 is 0 Å². The summed E-state index contributed by atoms with van der Waals surface area (Å²) >= 11 is 0. The first-order valence-electron chi connectivity index (χ1n) is 27.0. The molecule has 14 heteroatoms. The number of aliphatic hydroxyl groups is 5. The van der Waals surface area contributed by atoms with Gasteiger partial charge in [0.2, 0.25) is 5.91 Å². The largest absolute Gasteiger partial charge is 0.397 e. The number of ether oxygens (including phenoxy) is 2. The molecule has 0 aromatic carbocycles. The van der Waals surface area contributed by atoms with E-state index in [1.165, 1.54) is 141 Å². The fourth-order valence-electron chi connectivity index (χ4n) is 8.47. The molecule has 1 aliphatic rings. The number of unbranched alkanes of at least 4 members (excludes halogenated alkanes) is 29. The molecule has 0 saturated carbocycles. The first-order chi connectivity index (χ1) is 32.4. The predicted octanol–water partition coefficient (Wildman–Crippen LogP) is 10.8. The van der Waals surface area contributed by atoms with E-state index in [1.807, 2.05) is 0 Å². The third-order valence-electron chi connectivity index (χ3n) is 12.8. The molecule has 8 unspecified atom stereocenters. The van der Waals surface area contributed by atoms with Gasteiger partial charge in [0.1, 0.15) is 30.5 Å². The molecule has 1 saturated heterocycles. The fraction of sp³-hybridized carbons (Fsp3) is 0.868. The summed E-state index contributed by atoms with van der Waals surface area (Å²) in [5, 5.41) is 55.4. The zero-order chi connectivity index (χ0) is 49.2. The molecule has 8 atom stereocenters. The van der Waals surface area contributed by atoms with Gasteiger partial charge in [0.05, 0.1) is 25.4 Å². The van der Waals surface area contributed by atoms with E-state index in [0.717, 1.165) is 64.2 Å². The number of allylic oxidation sites excluding steroid dienone is 5. The summed E-state index contributed by atoms with van der Waals surface area (Å²) in [4.78, 5) is 13.2. The summed E-state index contributed by atoms with van der Waals surface area (Å²) in [5.74, 6) is -0.715. The minimum absolute atomic E-state index is 0.230. The molecule has 0 radical (unpaired) electrons. The van der Waals surface area contributed by atoms with Crippen LogP contribution in [0.4, 0.5) is 0 Å². The Morgan fingerprint density at radius 1 is 0.597 bits per heavy atom. The van der Waals surface area contributed by atoms with Crippen molar-refractivity contribution in [3.63, 3.8) is 0 Å². The summed E-state index contributed by atoms with van der Waals surface area (Å²) in [5.41, 5.74) is 0. The number of hydrogen-bond acceptors (Lipinski definition) is 11. The normalized spacial score (nSPS) is 20.6. The van der Waals surface area contributed by atoms with Gasteiger partial charge in [-0.3, -0.25) is 9.35 Å². The van der Waals surface area contributed by atoms with Gasteiger partial charge in [0.25, 0.3) is 0 Å². The Hall–Kier alpha value is -1.72. The zero-order valence-corrected chi connectivity index (χ0v) is 42.9. The maximum absolute atomic E-state index is 13.2. The van der Waals surface area contributed by atoms with Gasteiger partial charge in [-0.25, -0.2) is 4.18 Å². The van der Waals surface area contributed by atoms with Crippen LogP contribution in [-0.4, -0.2) is 107 Å². The number of rotatable bonds is 46. The van der Waals surface area contributed by atoms with Gasteiger partial charge in [0.15, 0.2) is 6.29 Å². The molecule has 1 fully saturated rings. The van der Waals surface area contributed by atoms with Crippen molar-refractivity contribution in [2.24, 2.45) is 0 Å². The van der Waals surface area contributed by atoms with Crippen LogP contribution in [0.5, 0.6) is 0 Å². The first kappa shape index (κ1) is 63.3. The topological polar surface area (TPSA) is 212 Å². The third kappa shape index (κ3) is 35.1. The Morgan fingerprint density at radius 2 is 1.00 bits per heavy atom. The molecule has 0 bridgehead atoms. The van der Waals surface area contributed by atoms with Crippen molar-refractivity contribution in [3.05, 3.63) is 36.5 Å². The molecule has 1 amide bonds. The highest BCUT2D eigenvalue weighted by Gasteiger charge is 2.48. The molecule has 1 aliphatic heterocycles. The van der Waals surface area contributed by atoms with Crippen LogP contribution in [0.15, 0.2) is 36.5 Å². The average molecular weight is 974 g/mol. The summed E-state index contributed by atoms with van der Waals surface area (Å²) in [7, 11) is -5.13. The van der Waals surface area contributed by atoms with Crippen molar-refractivity contribution < 1.29 is 57.0 Å². The number of carbonyl (C=O) groups excluding carboxylic acids is 1. The molecular formula is C53H99NO12S. The molecule has 13 nitrogen and oxygen atoms in total. The van der Waals surface area contributed by atoms with Crippen LogP contribution in [-0.2, 0) is 28.9 Å². The second kappa shape index (κ2) is 43.1. The second-order valence-electron chi connectivity index (χ2n) is 18.9. The third-order valence-corrected chi connectivity index (χ3v) is 13.2. The molecule has 394 valence electrons. The number of carbonyl (C=O) groups is 1. The van der Waals surface area contributed by atoms with Crippen LogP contribution in [0.3, 0.4) is 0 Å². The SMILES string of the molecule is CCCCCCCCCC/C=C\CCCCCCCCC(O)C(=O)NC(COC1OC(CO)C(O)C(OS(=O)(=O)O)C1O)C(O)/C=C/CC/C=C/CCCCCCCCCCCCCCCC. The van der Waals surface area contributed by atoms with E-state index in [2.05, 4.69) is 47.7 Å². The Bertz CT molecular complexity index is 1350. The lowest BCUT2D eigenvalue weighted by Gasteiger charge is -2.41. The number of amides is 1. The maximum Gasteiger partial charge on any atom is 0.397 e. The molecule has 67 heavy (non-hydrogen) atoms. The summed E-state index contributed by atoms with van der Waals surface area (Å²) in [6.45, 7) is 3.23. The summed E-state index contributed by atoms with van der Waals surface area (Å²) < 4.78 is 47.7. The van der Waals surface area contributed by atoms with Crippen LogP contribution in [0.2, 0.25) is 0 Å². The molecule has 1 heterocycles. The van der Waals surface area contributed by atoms with Gasteiger partial charge < -0.3 is 40.3 Å². The van der Waals surface area contributed by atoms with E-state index in [-0.39, 0.29) is 6.42 Å². The standard InChI is InChI=1S/C53H99NO12S/c1-3-5-7-9-11-13-15-17-19-21-23-24-26-27-29-31-33-35-37-39-41-46(56)45(44-64-53-50(59)51(66-67(61,62)63)49(58)48(43-55)65-53)54-52(60)47(57)42-40-38-36-34-32-30-28-25-22-20-18-16-14-12-10-8-6-4-2/h22,25,31,33,39,41,45-51,53,55-59H,3-21,23-24,26-30,32,34-38,40,42-44H2,1-2H3,(H,54,60)(H,61,62,63)/b25-22-,33-31+,41-39+. The van der Waals surface area contributed by atoms with Crippen LogP contribution in [0.1, 0.15) is 232 Å². The van der Waals surface area contributed by atoms with Crippen LogP contribution >= 0.6 is 0 Å². The lowest BCUT2D eigenvalue weighted by Crippen LogP contribution is -2.61. The van der Waals surface area contributed by atoms with Crippen molar-refractivity contribution in [1.82, 2.24) is 5.32 Å². The summed E-state index contributed by atoms with van der Waals surface area (Å²) in [6, 6.07) is -1.14. The fourth-order valence-corrected chi connectivity index (χ4v) is 8.98. The van der Waals surface area contributed by atoms with Gasteiger partial charge in [-0.1, -0.05) is 211 Å². The van der Waals surface area contributed by atoms with E-state index in [4.69, 9.17) is 9.47 Å². The quantitative estimate of drug-likeness (QED) is 0.0173. The smallest absolute Gasteiger partial charge is 0.394 e. The highest BCUT2D eigenvalue weighted by molar-refractivity contribution is 7.80. The average Bonchev–Trinajstić information content (AvgIpc) is 3.30. The minimum Gasteiger partial charge on any atom is -0.394 e. The van der Waals surface area contributed by atoms with Crippen molar-refractivity contribution in [2.75, 3.05) is 13.2 Å². The minimum atomic E-state index is -5.13. The van der Waals surface area contributed by atoms with Crippen molar-refractivity contribution >= 4 is 16.3 Å². The molecule has 1 rings (SSSR count). The van der Waals surface area contributed by atoms with Gasteiger partial charge >= 0.3 is 10.4 Å². The van der Waals surface area contributed by atoms with Crippen molar-refractivity contribution in [2.45, 2.75) is 281 Å². The Morgan fingerprint density at radius 3 is 1.43 bits per heavy atom. The number of nitrogens with one attached hydrogen (secondary N) is 1. The van der Waals surface area contributed by atoms with Crippen molar-refractivity contribution in [3.8, 4) is 0 Å². The van der Waals surface area contributed by atoms with Crippen molar-refractivity contribution in [1.29, 1.82) is 0 Å².